The number of nitrogens with zero attached hydrogens (tertiary/aromatic N) is 2. The summed E-state index contributed by atoms with van der Waals surface area (Å²) >= 11 is 0. The predicted octanol–water partition coefficient (Wildman–Crippen LogP) is 4.80. The van der Waals surface area contributed by atoms with E-state index in [4.69, 9.17) is 0 Å². The molecule has 1 N–H and O–H groups in total. The second kappa shape index (κ2) is 8.35. The van der Waals surface area contributed by atoms with Crippen LogP contribution in [0.2, 0.25) is 0 Å². The molecule has 7 heteroatoms. The maximum atomic E-state index is 12.7. The van der Waals surface area contributed by atoms with E-state index in [1.54, 1.807) is 0 Å². The Kier molecular flexibility index (Phi) is 5.72. The highest BCUT2D eigenvalue weighted by molar-refractivity contribution is 5.94. The largest absolute Gasteiger partial charge is 0.352 e. The van der Waals surface area contributed by atoms with Crippen molar-refractivity contribution in [3.05, 3.63) is 39.9 Å². The number of rotatable bonds is 4. The second-order valence-corrected chi connectivity index (χ2v) is 11.8. The number of piperidine rings is 1. The minimum Gasteiger partial charge on any atom is -0.352 e. The molecule has 3 aliphatic carbocycles. The van der Waals surface area contributed by atoms with Gasteiger partial charge in [-0.3, -0.25) is 19.7 Å². The Hall–Kier alpha value is -2.44. The molecule has 1 unspecified atom stereocenters. The molecule has 7 atom stereocenters. The van der Waals surface area contributed by atoms with Crippen LogP contribution < -0.4 is 5.32 Å². The second-order valence-electron chi connectivity index (χ2n) is 11.8. The van der Waals surface area contributed by atoms with Crippen LogP contribution in [0.25, 0.3) is 0 Å². The Morgan fingerprint density at radius 3 is 2.47 bits per heavy atom. The zero-order valence-electron chi connectivity index (χ0n) is 20.6. The van der Waals surface area contributed by atoms with Crippen LogP contribution >= 0.6 is 0 Å². The van der Waals surface area contributed by atoms with Gasteiger partial charge in [-0.2, -0.15) is 0 Å². The third-order valence-corrected chi connectivity index (χ3v) is 10.6. The molecule has 2 amide bonds. The smallest absolute Gasteiger partial charge is 0.269 e. The van der Waals surface area contributed by atoms with E-state index in [9.17, 15) is 19.7 Å². The molecule has 3 saturated carbocycles. The lowest BCUT2D eigenvalue weighted by Gasteiger charge is -2.61. The van der Waals surface area contributed by atoms with Crippen molar-refractivity contribution in [2.45, 2.75) is 71.3 Å². The SMILES string of the molecule is CN1C(=O)CC[C@]2(C)[C@H]3CC[C@]4(C)C(CNC(=O)c5ccc([N+](=O)[O-])cc5)CC[C@H]4[C@@H]3CC[C@@H]12. The molecule has 7 nitrogen and oxygen atoms in total. The summed E-state index contributed by atoms with van der Waals surface area (Å²) in [5, 5.41) is 14.0. The van der Waals surface area contributed by atoms with Crippen LogP contribution in [-0.2, 0) is 4.79 Å². The van der Waals surface area contributed by atoms with Crippen LogP contribution in [0, 0.1) is 44.6 Å². The molecule has 184 valence electrons. The van der Waals surface area contributed by atoms with Crippen LogP contribution in [-0.4, -0.2) is 41.3 Å². The van der Waals surface area contributed by atoms with E-state index in [0.717, 1.165) is 25.2 Å². The molecule has 1 aliphatic heterocycles. The van der Waals surface area contributed by atoms with Crippen LogP contribution in [0.15, 0.2) is 24.3 Å². The summed E-state index contributed by atoms with van der Waals surface area (Å²) in [7, 11) is 2.01. The van der Waals surface area contributed by atoms with Crippen molar-refractivity contribution in [2.24, 2.45) is 34.5 Å². The maximum Gasteiger partial charge on any atom is 0.269 e. The summed E-state index contributed by atoms with van der Waals surface area (Å²) in [5.41, 5.74) is 0.936. The van der Waals surface area contributed by atoms with E-state index in [-0.39, 0.29) is 22.4 Å². The van der Waals surface area contributed by atoms with E-state index in [1.807, 2.05) is 7.05 Å². The number of benzene rings is 1. The van der Waals surface area contributed by atoms with Crippen molar-refractivity contribution in [3.8, 4) is 0 Å². The number of carbonyl (C=O) groups is 2. The lowest BCUT2D eigenvalue weighted by molar-refractivity contribution is -0.384. The van der Waals surface area contributed by atoms with Gasteiger partial charge in [-0.05, 0) is 91.6 Å². The Morgan fingerprint density at radius 2 is 1.76 bits per heavy atom. The molecule has 0 aromatic heterocycles. The van der Waals surface area contributed by atoms with Crippen molar-refractivity contribution in [3.63, 3.8) is 0 Å². The van der Waals surface area contributed by atoms with Crippen molar-refractivity contribution >= 4 is 17.5 Å². The van der Waals surface area contributed by atoms with Crippen LogP contribution in [0.5, 0.6) is 0 Å². The highest BCUT2D eigenvalue weighted by atomic mass is 16.6. The van der Waals surface area contributed by atoms with Gasteiger partial charge in [0.05, 0.1) is 4.92 Å². The molecular weight excluding hydrogens is 430 g/mol. The molecule has 0 bridgehead atoms. The predicted molar refractivity (Wildman–Crippen MR) is 129 cm³/mol. The van der Waals surface area contributed by atoms with E-state index in [1.165, 1.54) is 49.9 Å². The third-order valence-electron chi connectivity index (χ3n) is 10.6. The number of carbonyl (C=O) groups excluding carboxylic acids is 2. The summed E-state index contributed by atoms with van der Waals surface area (Å²) in [6.45, 7) is 5.57. The fourth-order valence-electron chi connectivity index (χ4n) is 8.65. The lowest BCUT2D eigenvalue weighted by Crippen LogP contribution is -2.61. The molecule has 4 fully saturated rings. The standard InChI is InChI=1S/C27H37N3O4/c1-26-14-12-22-20(9-11-23-27(22,2)15-13-24(31)29(23)3)21(26)10-6-18(26)16-28-25(32)17-4-7-19(8-5-17)30(33)34/h4-5,7-8,18,20-23H,6,9-16H2,1-3H3,(H,28,32)/t18?,20-,21-,22-,23+,26+,27+/m0/s1. The minimum atomic E-state index is -0.450. The van der Waals surface area contributed by atoms with E-state index >= 15 is 0 Å². The van der Waals surface area contributed by atoms with Gasteiger partial charge in [-0.15, -0.1) is 0 Å². The summed E-state index contributed by atoms with van der Waals surface area (Å²) in [5.74, 6) is 2.71. The summed E-state index contributed by atoms with van der Waals surface area (Å²) in [6, 6.07) is 6.22. The molecule has 1 aromatic carbocycles. The van der Waals surface area contributed by atoms with Gasteiger partial charge in [0, 0.05) is 43.8 Å². The number of amides is 2. The molecular formula is C27H37N3O4. The number of hydrogen-bond acceptors (Lipinski definition) is 4. The van der Waals surface area contributed by atoms with E-state index in [2.05, 4.69) is 24.1 Å². The average molecular weight is 468 g/mol. The van der Waals surface area contributed by atoms with Crippen molar-refractivity contribution in [1.29, 1.82) is 0 Å². The lowest BCUT2D eigenvalue weighted by atomic mass is 9.47. The van der Waals surface area contributed by atoms with Gasteiger partial charge in [0.1, 0.15) is 0 Å². The summed E-state index contributed by atoms with van der Waals surface area (Å²) in [6.07, 6.45) is 8.83. The third kappa shape index (κ3) is 3.54. The normalized spacial score (nSPS) is 39.1. The molecule has 1 saturated heterocycles. The highest BCUT2D eigenvalue weighted by Gasteiger charge is 2.60. The van der Waals surface area contributed by atoms with Gasteiger partial charge in [0.25, 0.3) is 11.6 Å². The van der Waals surface area contributed by atoms with E-state index < -0.39 is 4.92 Å². The van der Waals surface area contributed by atoms with Gasteiger partial charge in [0.15, 0.2) is 0 Å². The molecule has 1 heterocycles. The highest BCUT2D eigenvalue weighted by Crippen LogP contribution is 2.66. The number of hydrogen-bond donors (Lipinski definition) is 1. The van der Waals surface area contributed by atoms with Gasteiger partial charge in [-0.1, -0.05) is 13.8 Å². The molecule has 1 aromatic rings. The first-order valence-electron chi connectivity index (χ1n) is 12.9. The topological polar surface area (TPSA) is 92.6 Å². The number of nitro benzene ring substituents is 1. The molecule has 0 radical (unpaired) electrons. The Balaban J connectivity index is 1.26. The van der Waals surface area contributed by atoms with Crippen LogP contribution in [0.1, 0.15) is 75.6 Å². The Morgan fingerprint density at radius 1 is 1.06 bits per heavy atom. The average Bonchev–Trinajstić information content (AvgIpc) is 3.16. The van der Waals surface area contributed by atoms with E-state index in [0.29, 0.717) is 48.2 Å². The minimum absolute atomic E-state index is 0.00334. The zero-order chi connectivity index (χ0) is 24.3. The number of nitrogens with one attached hydrogen (secondary N) is 1. The van der Waals surface area contributed by atoms with Gasteiger partial charge in [-0.25, -0.2) is 0 Å². The molecule has 0 spiro atoms. The van der Waals surface area contributed by atoms with Crippen molar-refractivity contribution in [2.75, 3.05) is 13.6 Å². The summed E-state index contributed by atoms with van der Waals surface area (Å²) in [4.78, 5) is 37.6. The fraction of sp³-hybridized carbons (Fsp3) is 0.704. The van der Waals surface area contributed by atoms with Gasteiger partial charge < -0.3 is 10.2 Å². The Bertz CT molecular complexity index is 994. The molecule has 5 rings (SSSR count). The van der Waals surface area contributed by atoms with Crippen molar-refractivity contribution in [1.82, 2.24) is 10.2 Å². The van der Waals surface area contributed by atoms with Crippen molar-refractivity contribution < 1.29 is 14.5 Å². The quantitative estimate of drug-likeness (QED) is 0.508. The molecule has 4 aliphatic rings. The van der Waals surface area contributed by atoms with Crippen LogP contribution in [0.3, 0.4) is 0 Å². The number of likely N-dealkylation sites (tertiary alicyclic amines) is 1. The number of nitro groups is 1. The monoisotopic (exact) mass is 467 g/mol. The first-order valence-corrected chi connectivity index (χ1v) is 12.9. The number of fused-ring (bicyclic) bond motifs is 5. The van der Waals surface area contributed by atoms with Gasteiger partial charge >= 0.3 is 0 Å². The fourth-order valence-corrected chi connectivity index (χ4v) is 8.65. The van der Waals surface area contributed by atoms with Crippen LogP contribution in [0.4, 0.5) is 5.69 Å². The Labute approximate surface area is 201 Å². The zero-order valence-corrected chi connectivity index (χ0v) is 20.6. The first-order chi connectivity index (χ1) is 16.1. The first kappa shape index (κ1) is 23.3. The van der Waals surface area contributed by atoms with Gasteiger partial charge in [0.2, 0.25) is 5.91 Å². The molecule has 34 heavy (non-hydrogen) atoms. The maximum absolute atomic E-state index is 12.7. The number of non-ortho nitro benzene ring substituents is 1. The summed E-state index contributed by atoms with van der Waals surface area (Å²) < 4.78 is 0.